The monoisotopic (exact) mass is 266 g/mol. The topological polar surface area (TPSA) is 57.4 Å². The number of aromatic nitrogens is 4. The summed E-state index contributed by atoms with van der Waals surface area (Å²) in [6.07, 6.45) is -2.78. The number of H-pyrrole nitrogens is 2. The van der Waals surface area contributed by atoms with E-state index in [0.717, 1.165) is 23.4 Å². The Balaban J connectivity index is 2.14. The van der Waals surface area contributed by atoms with Crippen LogP contribution in [0.1, 0.15) is 11.3 Å². The van der Waals surface area contributed by atoms with E-state index >= 15 is 0 Å². The van der Waals surface area contributed by atoms with Crippen LogP contribution in [0.4, 0.5) is 13.2 Å². The predicted molar refractivity (Wildman–Crippen MR) is 63.4 cm³/mol. The molecule has 0 spiro atoms. The Hall–Kier alpha value is -2.31. The quantitative estimate of drug-likeness (QED) is 0.710. The van der Waals surface area contributed by atoms with E-state index in [1.807, 2.05) is 6.92 Å². The van der Waals surface area contributed by atoms with Crippen molar-refractivity contribution in [2.24, 2.45) is 0 Å². The summed E-state index contributed by atoms with van der Waals surface area (Å²) in [4.78, 5) is 7.14. The smallest absolute Gasteiger partial charge is 0.338 e. The first-order valence-corrected chi connectivity index (χ1v) is 5.52. The van der Waals surface area contributed by atoms with Gasteiger partial charge in [0.1, 0.15) is 5.82 Å². The number of benzene rings is 1. The number of imidazole rings is 1. The van der Waals surface area contributed by atoms with Crippen LogP contribution in [0.3, 0.4) is 0 Å². The maximum absolute atomic E-state index is 12.6. The van der Waals surface area contributed by atoms with Crippen LogP contribution in [0.15, 0.2) is 24.4 Å². The molecule has 0 atom stereocenters. The average molecular weight is 266 g/mol. The Morgan fingerprint density at radius 3 is 2.63 bits per heavy atom. The first-order chi connectivity index (χ1) is 8.95. The minimum Gasteiger partial charge on any atom is -0.338 e. The maximum Gasteiger partial charge on any atom is 0.416 e. The van der Waals surface area contributed by atoms with Gasteiger partial charge in [-0.05, 0) is 25.1 Å². The van der Waals surface area contributed by atoms with Crippen molar-refractivity contribution < 1.29 is 13.2 Å². The molecule has 0 radical (unpaired) electrons. The Bertz CT molecular complexity index is 739. The summed E-state index contributed by atoms with van der Waals surface area (Å²) in [6, 6.07) is 3.43. The summed E-state index contributed by atoms with van der Waals surface area (Å²) in [7, 11) is 0. The van der Waals surface area contributed by atoms with Crippen molar-refractivity contribution in [1.29, 1.82) is 0 Å². The molecule has 0 saturated carbocycles. The largest absolute Gasteiger partial charge is 0.416 e. The zero-order valence-electron chi connectivity index (χ0n) is 9.84. The van der Waals surface area contributed by atoms with E-state index in [-0.39, 0.29) is 0 Å². The highest BCUT2D eigenvalue weighted by molar-refractivity contribution is 5.80. The van der Waals surface area contributed by atoms with Crippen LogP contribution in [0.5, 0.6) is 0 Å². The fraction of sp³-hybridized carbons (Fsp3) is 0.167. The molecule has 7 heteroatoms. The van der Waals surface area contributed by atoms with E-state index in [0.29, 0.717) is 16.9 Å². The van der Waals surface area contributed by atoms with Gasteiger partial charge in [0, 0.05) is 5.69 Å². The minimum absolute atomic E-state index is 0.352. The molecule has 98 valence electrons. The normalized spacial score (nSPS) is 12.2. The molecular formula is C12H9F3N4. The fourth-order valence-corrected chi connectivity index (χ4v) is 1.90. The number of nitrogens with zero attached hydrogens (tertiary/aromatic N) is 2. The highest BCUT2D eigenvalue weighted by Gasteiger charge is 2.30. The van der Waals surface area contributed by atoms with Crippen LogP contribution in [0, 0.1) is 6.92 Å². The average Bonchev–Trinajstić information content (AvgIpc) is 2.91. The van der Waals surface area contributed by atoms with Gasteiger partial charge in [-0.15, -0.1) is 0 Å². The number of rotatable bonds is 1. The standard InChI is InChI=1S/C12H9F3N4/c1-6-8(5-16-19-6)11-17-9-3-2-7(12(13,14)15)4-10(9)18-11/h2-5H,1H3,(H,16,19)(H,17,18). The minimum atomic E-state index is -4.36. The zero-order chi connectivity index (χ0) is 13.6. The van der Waals surface area contributed by atoms with Crippen LogP contribution in [-0.4, -0.2) is 20.2 Å². The fourth-order valence-electron chi connectivity index (χ4n) is 1.90. The summed E-state index contributed by atoms with van der Waals surface area (Å²) in [5.41, 5.74) is 1.69. The van der Waals surface area contributed by atoms with Gasteiger partial charge in [0.25, 0.3) is 0 Å². The van der Waals surface area contributed by atoms with Gasteiger partial charge in [0.05, 0.1) is 28.4 Å². The molecule has 1 aromatic carbocycles. The van der Waals surface area contributed by atoms with Crippen LogP contribution >= 0.6 is 0 Å². The second kappa shape index (κ2) is 3.84. The highest BCUT2D eigenvalue weighted by atomic mass is 19.4. The van der Waals surface area contributed by atoms with Crippen molar-refractivity contribution >= 4 is 11.0 Å². The summed E-state index contributed by atoms with van der Waals surface area (Å²) in [5, 5.41) is 6.62. The molecule has 0 amide bonds. The molecular weight excluding hydrogens is 257 g/mol. The molecule has 0 fully saturated rings. The molecule has 2 N–H and O–H groups in total. The van der Waals surface area contributed by atoms with E-state index in [2.05, 4.69) is 20.2 Å². The Morgan fingerprint density at radius 2 is 2.00 bits per heavy atom. The molecule has 0 unspecified atom stereocenters. The van der Waals surface area contributed by atoms with Crippen molar-refractivity contribution in [2.45, 2.75) is 13.1 Å². The lowest BCUT2D eigenvalue weighted by atomic mass is 10.2. The van der Waals surface area contributed by atoms with Crippen LogP contribution in [-0.2, 0) is 6.18 Å². The number of fused-ring (bicyclic) bond motifs is 1. The lowest BCUT2D eigenvalue weighted by molar-refractivity contribution is -0.137. The van der Waals surface area contributed by atoms with Gasteiger partial charge in [-0.2, -0.15) is 18.3 Å². The molecule has 0 aliphatic carbocycles. The summed E-state index contributed by atoms with van der Waals surface area (Å²) in [6.45, 7) is 1.82. The van der Waals surface area contributed by atoms with Gasteiger partial charge in [-0.1, -0.05) is 0 Å². The van der Waals surface area contributed by atoms with Crippen molar-refractivity contribution in [3.8, 4) is 11.4 Å². The highest BCUT2D eigenvalue weighted by Crippen LogP contribution is 2.31. The number of halogens is 3. The van der Waals surface area contributed by atoms with Gasteiger partial charge >= 0.3 is 6.18 Å². The van der Waals surface area contributed by atoms with Crippen molar-refractivity contribution in [1.82, 2.24) is 20.2 Å². The Kier molecular flexibility index (Phi) is 2.38. The number of aromatic amines is 2. The lowest BCUT2D eigenvalue weighted by Gasteiger charge is -2.05. The number of hydrogen-bond donors (Lipinski definition) is 2. The molecule has 2 heterocycles. The molecule has 3 aromatic rings. The number of aryl methyl sites for hydroxylation is 1. The van der Waals surface area contributed by atoms with Crippen LogP contribution in [0.25, 0.3) is 22.4 Å². The Morgan fingerprint density at radius 1 is 1.21 bits per heavy atom. The molecule has 3 rings (SSSR count). The van der Waals surface area contributed by atoms with E-state index in [9.17, 15) is 13.2 Å². The van der Waals surface area contributed by atoms with Crippen molar-refractivity contribution in [2.75, 3.05) is 0 Å². The van der Waals surface area contributed by atoms with Gasteiger partial charge in [0.15, 0.2) is 0 Å². The van der Waals surface area contributed by atoms with Crippen molar-refractivity contribution in [3.63, 3.8) is 0 Å². The first-order valence-electron chi connectivity index (χ1n) is 5.52. The predicted octanol–water partition coefficient (Wildman–Crippen LogP) is 3.28. The van der Waals surface area contributed by atoms with E-state index in [4.69, 9.17) is 0 Å². The third-order valence-corrected chi connectivity index (χ3v) is 2.89. The summed E-state index contributed by atoms with van der Waals surface area (Å²) in [5.74, 6) is 0.501. The summed E-state index contributed by atoms with van der Waals surface area (Å²) >= 11 is 0. The molecule has 19 heavy (non-hydrogen) atoms. The van der Waals surface area contributed by atoms with Gasteiger partial charge in [-0.25, -0.2) is 4.98 Å². The number of nitrogens with one attached hydrogen (secondary N) is 2. The third kappa shape index (κ3) is 1.96. The molecule has 2 aromatic heterocycles. The molecule has 0 aliphatic heterocycles. The lowest BCUT2D eigenvalue weighted by Crippen LogP contribution is -2.04. The van der Waals surface area contributed by atoms with Gasteiger partial charge in [-0.3, -0.25) is 5.10 Å². The number of hydrogen-bond acceptors (Lipinski definition) is 2. The third-order valence-electron chi connectivity index (χ3n) is 2.89. The number of alkyl halides is 3. The molecule has 4 nitrogen and oxygen atoms in total. The van der Waals surface area contributed by atoms with Crippen molar-refractivity contribution in [3.05, 3.63) is 35.7 Å². The van der Waals surface area contributed by atoms with E-state index in [1.54, 1.807) is 6.20 Å². The summed E-state index contributed by atoms with van der Waals surface area (Å²) < 4.78 is 37.8. The molecule has 0 saturated heterocycles. The van der Waals surface area contributed by atoms with E-state index in [1.165, 1.54) is 6.07 Å². The van der Waals surface area contributed by atoms with Crippen LogP contribution < -0.4 is 0 Å². The zero-order valence-corrected chi connectivity index (χ0v) is 9.84. The first kappa shape index (κ1) is 11.8. The second-order valence-corrected chi connectivity index (χ2v) is 4.22. The Labute approximate surface area is 105 Å². The van der Waals surface area contributed by atoms with Gasteiger partial charge in [0.2, 0.25) is 0 Å². The SMILES string of the molecule is Cc1[nH]ncc1-c1nc2ccc(C(F)(F)F)cc2[nH]1. The van der Waals surface area contributed by atoms with E-state index < -0.39 is 11.7 Å². The molecule has 0 aliphatic rings. The second-order valence-electron chi connectivity index (χ2n) is 4.22. The molecule has 0 bridgehead atoms. The maximum atomic E-state index is 12.6. The van der Waals surface area contributed by atoms with Gasteiger partial charge < -0.3 is 4.98 Å². The van der Waals surface area contributed by atoms with Crippen LogP contribution in [0.2, 0.25) is 0 Å².